The largest absolute Gasteiger partial charge is 0.311 e. The molecule has 10 rings (SSSR count). The van der Waals surface area contributed by atoms with Gasteiger partial charge in [-0.1, -0.05) is 139 Å². The molecule has 0 bridgehead atoms. The number of rotatable bonds is 5. The van der Waals surface area contributed by atoms with Crippen LogP contribution in [0.4, 0.5) is 34.1 Å². The molecule has 2 heterocycles. The van der Waals surface area contributed by atoms with Crippen molar-refractivity contribution in [2.45, 2.75) is 20.8 Å². The standard InChI is InChI=1S/C51H39BN2/c1-34-29-35(2)50(36(3)30-34)39-32-48-51-49(33-39)54(41-21-11-6-12-22-41)47-28-27-38(43-24-14-13-23-42(43)37-17-7-4-8-18-37)31-45(47)52(51)44-25-15-16-26-46(44)53(48)40-19-9-5-10-20-40/h4-33H,1-3H3. The number of para-hydroxylation sites is 3. The van der Waals surface area contributed by atoms with Gasteiger partial charge in [-0.25, -0.2) is 0 Å². The smallest absolute Gasteiger partial charge is 0.252 e. The highest BCUT2D eigenvalue weighted by Crippen LogP contribution is 2.47. The van der Waals surface area contributed by atoms with E-state index in [2.05, 4.69) is 213 Å². The van der Waals surface area contributed by atoms with E-state index in [1.807, 2.05) is 0 Å². The van der Waals surface area contributed by atoms with E-state index in [1.165, 1.54) is 89.2 Å². The van der Waals surface area contributed by atoms with Gasteiger partial charge >= 0.3 is 0 Å². The van der Waals surface area contributed by atoms with E-state index in [-0.39, 0.29) is 6.71 Å². The van der Waals surface area contributed by atoms with Crippen molar-refractivity contribution >= 4 is 57.2 Å². The van der Waals surface area contributed by atoms with Crippen LogP contribution in [0, 0.1) is 20.8 Å². The first-order valence-electron chi connectivity index (χ1n) is 18.9. The van der Waals surface area contributed by atoms with Crippen LogP contribution in [0.3, 0.4) is 0 Å². The molecule has 8 aromatic rings. The highest BCUT2D eigenvalue weighted by molar-refractivity contribution is 7.00. The Morgan fingerprint density at radius 3 is 1.48 bits per heavy atom. The zero-order valence-corrected chi connectivity index (χ0v) is 30.8. The molecule has 2 aliphatic heterocycles. The highest BCUT2D eigenvalue weighted by atomic mass is 15.2. The maximum Gasteiger partial charge on any atom is 0.252 e. The van der Waals surface area contributed by atoms with Crippen LogP contribution < -0.4 is 26.2 Å². The van der Waals surface area contributed by atoms with Gasteiger partial charge in [-0.2, -0.15) is 0 Å². The molecule has 256 valence electrons. The number of fused-ring (bicyclic) bond motifs is 4. The van der Waals surface area contributed by atoms with Crippen LogP contribution in [0.25, 0.3) is 33.4 Å². The number of hydrogen-bond donors (Lipinski definition) is 0. The van der Waals surface area contributed by atoms with Crippen LogP contribution in [0.2, 0.25) is 0 Å². The molecule has 2 nitrogen and oxygen atoms in total. The number of hydrogen-bond acceptors (Lipinski definition) is 2. The van der Waals surface area contributed by atoms with Gasteiger partial charge in [-0.05, 0) is 130 Å². The Labute approximate surface area is 318 Å². The summed E-state index contributed by atoms with van der Waals surface area (Å²) >= 11 is 0. The Hall–Kier alpha value is -6.58. The Morgan fingerprint density at radius 2 is 0.870 bits per heavy atom. The summed E-state index contributed by atoms with van der Waals surface area (Å²) in [6.45, 7) is 6.73. The molecular formula is C51H39BN2. The molecule has 0 saturated carbocycles. The predicted molar refractivity (Wildman–Crippen MR) is 231 cm³/mol. The van der Waals surface area contributed by atoms with E-state index in [1.54, 1.807) is 0 Å². The lowest BCUT2D eigenvalue weighted by Gasteiger charge is -2.44. The molecule has 3 heteroatoms. The monoisotopic (exact) mass is 690 g/mol. The van der Waals surface area contributed by atoms with Crippen LogP contribution in [-0.4, -0.2) is 6.71 Å². The minimum atomic E-state index is 0.0271. The first-order chi connectivity index (χ1) is 26.5. The Kier molecular flexibility index (Phi) is 7.62. The van der Waals surface area contributed by atoms with Gasteiger partial charge in [0.15, 0.2) is 0 Å². The molecule has 0 radical (unpaired) electrons. The van der Waals surface area contributed by atoms with E-state index in [0.717, 1.165) is 11.4 Å². The van der Waals surface area contributed by atoms with Gasteiger partial charge in [-0.15, -0.1) is 0 Å². The lowest BCUT2D eigenvalue weighted by atomic mass is 9.33. The van der Waals surface area contributed by atoms with Crippen molar-refractivity contribution in [1.29, 1.82) is 0 Å². The first-order valence-corrected chi connectivity index (χ1v) is 18.9. The molecule has 0 fully saturated rings. The molecular weight excluding hydrogens is 651 g/mol. The molecule has 8 aromatic carbocycles. The van der Waals surface area contributed by atoms with Crippen LogP contribution in [-0.2, 0) is 0 Å². The average molecular weight is 691 g/mol. The SMILES string of the molecule is Cc1cc(C)c(-c2cc3c4c(c2)N(c2ccccc2)c2ccc(-c5ccccc5-c5ccccc5)cc2B4c2ccccc2N3c2ccccc2)c(C)c1. The third-order valence-corrected chi connectivity index (χ3v) is 11.3. The summed E-state index contributed by atoms with van der Waals surface area (Å²) in [6, 6.07) is 67.1. The Morgan fingerprint density at radius 1 is 0.370 bits per heavy atom. The fourth-order valence-corrected chi connectivity index (χ4v) is 9.21. The van der Waals surface area contributed by atoms with Gasteiger partial charge in [0.1, 0.15) is 0 Å². The average Bonchev–Trinajstić information content (AvgIpc) is 3.21. The van der Waals surface area contributed by atoms with Gasteiger partial charge in [0, 0.05) is 34.1 Å². The summed E-state index contributed by atoms with van der Waals surface area (Å²) in [6.07, 6.45) is 0. The van der Waals surface area contributed by atoms with Crippen LogP contribution in [0.15, 0.2) is 182 Å². The number of anilines is 6. The molecule has 54 heavy (non-hydrogen) atoms. The van der Waals surface area contributed by atoms with Crippen molar-refractivity contribution in [3.63, 3.8) is 0 Å². The van der Waals surface area contributed by atoms with Crippen molar-refractivity contribution in [2.24, 2.45) is 0 Å². The van der Waals surface area contributed by atoms with Crippen molar-refractivity contribution in [2.75, 3.05) is 9.80 Å². The Balaban J connectivity index is 1.30. The fraction of sp³-hybridized carbons (Fsp3) is 0.0588. The molecule has 0 N–H and O–H groups in total. The molecule has 0 saturated heterocycles. The number of aryl methyl sites for hydroxylation is 3. The van der Waals surface area contributed by atoms with Crippen molar-refractivity contribution in [1.82, 2.24) is 0 Å². The van der Waals surface area contributed by atoms with Crippen LogP contribution in [0.5, 0.6) is 0 Å². The van der Waals surface area contributed by atoms with Gasteiger partial charge in [0.2, 0.25) is 0 Å². The highest BCUT2D eigenvalue weighted by Gasteiger charge is 2.43. The summed E-state index contributed by atoms with van der Waals surface area (Å²) in [5.74, 6) is 0. The summed E-state index contributed by atoms with van der Waals surface area (Å²) < 4.78 is 0. The molecule has 0 spiro atoms. The minimum Gasteiger partial charge on any atom is -0.311 e. The van der Waals surface area contributed by atoms with E-state index < -0.39 is 0 Å². The first kappa shape index (κ1) is 32.1. The zero-order chi connectivity index (χ0) is 36.3. The van der Waals surface area contributed by atoms with E-state index in [4.69, 9.17) is 0 Å². The van der Waals surface area contributed by atoms with Gasteiger partial charge in [0.25, 0.3) is 6.71 Å². The molecule has 0 aliphatic carbocycles. The summed E-state index contributed by atoms with van der Waals surface area (Å²) in [5, 5.41) is 0. The second-order valence-corrected chi connectivity index (χ2v) is 14.7. The quantitative estimate of drug-likeness (QED) is 0.166. The maximum atomic E-state index is 2.51. The van der Waals surface area contributed by atoms with E-state index >= 15 is 0 Å². The number of benzene rings is 8. The molecule has 0 unspecified atom stereocenters. The topological polar surface area (TPSA) is 6.48 Å². The maximum absolute atomic E-state index is 2.51. The summed E-state index contributed by atoms with van der Waals surface area (Å²) in [7, 11) is 0. The van der Waals surface area contributed by atoms with E-state index in [0.29, 0.717) is 0 Å². The molecule has 0 amide bonds. The lowest BCUT2D eigenvalue weighted by Crippen LogP contribution is -2.61. The van der Waals surface area contributed by atoms with Gasteiger partial charge in [-0.3, -0.25) is 0 Å². The zero-order valence-electron chi connectivity index (χ0n) is 30.8. The third kappa shape index (κ3) is 5.11. The Bertz CT molecular complexity index is 2660. The molecule has 0 aromatic heterocycles. The van der Waals surface area contributed by atoms with Gasteiger partial charge in [0.05, 0.1) is 0 Å². The van der Waals surface area contributed by atoms with Crippen LogP contribution >= 0.6 is 0 Å². The van der Waals surface area contributed by atoms with E-state index in [9.17, 15) is 0 Å². The molecule has 0 atom stereocenters. The third-order valence-electron chi connectivity index (χ3n) is 11.3. The van der Waals surface area contributed by atoms with Crippen molar-refractivity contribution < 1.29 is 0 Å². The second kappa shape index (κ2) is 12.8. The second-order valence-electron chi connectivity index (χ2n) is 14.7. The fourth-order valence-electron chi connectivity index (χ4n) is 9.21. The predicted octanol–water partition coefficient (Wildman–Crippen LogP) is 11.7. The van der Waals surface area contributed by atoms with Crippen molar-refractivity contribution in [3.8, 4) is 33.4 Å². The summed E-state index contributed by atoms with van der Waals surface area (Å²) in [5.41, 5.74) is 22.5. The van der Waals surface area contributed by atoms with Crippen molar-refractivity contribution in [3.05, 3.63) is 199 Å². The van der Waals surface area contributed by atoms with Gasteiger partial charge < -0.3 is 9.80 Å². The molecule has 2 aliphatic rings. The normalized spacial score (nSPS) is 12.6. The number of nitrogens with zero attached hydrogens (tertiary/aromatic N) is 2. The lowest BCUT2D eigenvalue weighted by molar-refractivity contribution is 1.25. The summed E-state index contributed by atoms with van der Waals surface area (Å²) in [4.78, 5) is 5.01. The minimum absolute atomic E-state index is 0.0271. The van der Waals surface area contributed by atoms with Crippen LogP contribution in [0.1, 0.15) is 16.7 Å².